The highest BCUT2D eigenvalue weighted by atomic mass is 32.1. The summed E-state index contributed by atoms with van der Waals surface area (Å²) in [5, 5.41) is 8.32. The molecule has 0 fully saturated rings. The monoisotopic (exact) mass is 274 g/mol. The Labute approximate surface area is 117 Å². The summed E-state index contributed by atoms with van der Waals surface area (Å²) in [5.41, 5.74) is 3.22. The van der Waals surface area contributed by atoms with E-state index in [1.54, 1.807) is 11.3 Å². The van der Waals surface area contributed by atoms with Crippen LogP contribution in [0.1, 0.15) is 23.8 Å². The molecule has 19 heavy (non-hydrogen) atoms. The quantitative estimate of drug-likeness (QED) is 0.864. The second kappa shape index (κ2) is 6.38. The van der Waals surface area contributed by atoms with E-state index < -0.39 is 0 Å². The third-order valence-corrected chi connectivity index (χ3v) is 3.93. The molecule has 1 amide bonds. The van der Waals surface area contributed by atoms with Crippen LogP contribution in [0, 0.1) is 6.92 Å². The molecule has 0 atom stereocenters. The van der Waals surface area contributed by atoms with E-state index in [0.717, 1.165) is 17.9 Å². The van der Waals surface area contributed by atoms with Crippen LogP contribution in [0.25, 0.3) is 0 Å². The van der Waals surface area contributed by atoms with Crippen molar-refractivity contribution in [3.63, 3.8) is 0 Å². The number of hydrogen-bond acceptors (Lipinski definition) is 3. The maximum atomic E-state index is 11.3. The molecule has 3 nitrogen and oxygen atoms in total. The van der Waals surface area contributed by atoms with Gasteiger partial charge in [-0.15, -0.1) is 11.3 Å². The number of aryl methyl sites for hydroxylation is 1. The number of thiophene rings is 1. The Bertz CT molecular complexity index is 546. The molecule has 1 heterocycles. The zero-order valence-electron chi connectivity index (χ0n) is 11.2. The molecule has 0 spiro atoms. The Kier molecular flexibility index (Phi) is 4.58. The Morgan fingerprint density at radius 3 is 2.42 bits per heavy atom. The van der Waals surface area contributed by atoms with Crippen LogP contribution >= 0.6 is 11.3 Å². The second-order valence-electron chi connectivity index (χ2n) is 4.36. The summed E-state index contributed by atoms with van der Waals surface area (Å²) in [4.78, 5) is 12.6. The summed E-state index contributed by atoms with van der Waals surface area (Å²) in [7, 11) is 0. The molecule has 0 saturated carbocycles. The molecule has 0 radical (unpaired) electrons. The third-order valence-electron chi connectivity index (χ3n) is 2.91. The van der Waals surface area contributed by atoms with Gasteiger partial charge in [0.05, 0.1) is 0 Å². The fraction of sp³-hybridized carbons (Fsp3) is 0.267. The van der Waals surface area contributed by atoms with Gasteiger partial charge in [-0.25, -0.2) is 0 Å². The number of amides is 1. The SMILES string of the molecule is CCC(=O)Nc1ccc(NCc2sccc2C)cc1. The summed E-state index contributed by atoms with van der Waals surface area (Å²) in [6.07, 6.45) is 0.498. The molecule has 1 aromatic heterocycles. The summed E-state index contributed by atoms with van der Waals surface area (Å²) in [6.45, 7) is 4.80. The number of carbonyl (C=O) groups excluding carboxylic acids is 1. The van der Waals surface area contributed by atoms with Gasteiger partial charge in [-0.05, 0) is 48.2 Å². The van der Waals surface area contributed by atoms with E-state index in [1.165, 1.54) is 10.4 Å². The van der Waals surface area contributed by atoms with Crippen LogP contribution in [0.5, 0.6) is 0 Å². The van der Waals surface area contributed by atoms with Gasteiger partial charge in [-0.3, -0.25) is 4.79 Å². The molecule has 0 bridgehead atoms. The van der Waals surface area contributed by atoms with Crippen molar-refractivity contribution < 1.29 is 4.79 Å². The second-order valence-corrected chi connectivity index (χ2v) is 5.36. The van der Waals surface area contributed by atoms with Crippen molar-refractivity contribution in [3.8, 4) is 0 Å². The summed E-state index contributed by atoms with van der Waals surface area (Å²) >= 11 is 1.76. The van der Waals surface area contributed by atoms with E-state index >= 15 is 0 Å². The van der Waals surface area contributed by atoms with E-state index in [1.807, 2.05) is 31.2 Å². The Balaban J connectivity index is 1.92. The Morgan fingerprint density at radius 1 is 1.16 bits per heavy atom. The van der Waals surface area contributed by atoms with Gasteiger partial charge in [0.2, 0.25) is 5.91 Å². The molecule has 0 unspecified atom stereocenters. The highest BCUT2D eigenvalue weighted by Crippen LogP contribution is 2.19. The van der Waals surface area contributed by atoms with Crippen molar-refractivity contribution in [3.05, 3.63) is 46.2 Å². The van der Waals surface area contributed by atoms with Gasteiger partial charge in [-0.1, -0.05) is 6.92 Å². The first-order valence-corrected chi connectivity index (χ1v) is 7.23. The van der Waals surface area contributed by atoms with Crippen molar-refractivity contribution in [2.24, 2.45) is 0 Å². The fourth-order valence-electron chi connectivity index (χ4n) is 1.69. The van der Waals surface area contributed by atoms with Crippen molar-refractivity contribution in [1.82, 2.24) is 0 Å². The highest BCUT2D eigenvalue weighted by molar-refractivity contribution is 7.10. The molecule has 4 heteroatoms. The van der Waals surface area contributed by atoms with Crippen LogP contribution in [0.2, 0.25) is 0 Å². The molecule has 2 rings (SSSR count). The van der Waals surface area contributed by atoms with E-state index in [-0.39, 0.29) is 5.91 Å². The highest BCUT2D eigenvalue weighted by Gasteiger charge is 2.01. The smallest absolute Gasteiger partial charge is 0.224 e. The van der Waals surface area contributed by atoms with Crippen LogP contribution in [-0.2, 0) is 11.3 Å². The average molecular weight is 274 g/mol. The van der Waals surface area contributed by atoms with Crippen LogP contribution in [-0.4, -0.2) is 5.91 Å². The minimum atomic E-state index is 0.0370. The molecule has 2 aromatic rings. The lowest BCUT2D eigenvalue weighted by Crippen LogP contribution is -2.09. The number of nitrogens with one attached hydrogen (secondary N) is 2. The number of anilines is 2. The van der Waals surface area contributed by atoms with E-state index in [4.69, 9.17) is 0 Å². The number of benzene rings is 1. The predicted octanol–water partition coefficient (Wildman–Crippen LogP) is 4.02. The normalized spacial score (nSPS) is 10.2. The van der Waals surface area contributed by atoms with Crippen LogP contribution < -0.4 is 10.6 Å². The summed E-state index contributed by atoms with van der Waals surface area (Å²) in [5.74, 6) is 0.0370. The first kappa shape index (κ1) is 13.6. The fourth-order valence-corrected chi connectivity index (χ4v) is 2.53. The van der Waals surface area contributed by atoms with E-state index in [0.29, 0.717) is 6.42 Å². The molecule has 0 aliphatic heterocycles. The Hall–Kier alpha value is -1.81. The van der Waals surface area contributed by atoms with Gasteiger partial charge in [-0.2, -0.15) is 0 Å². The topological polar surface area (TPSA) is 41.1 Å². The average Bonchev–Trinajstić information content (AvgIpc) is 2.83. The van der Waals surface area contributed by atoms with Crippen molar-refractivity contribution in [2.45, 2.75) is 26.8 Å². The third kappa shape index (κ3) is 3.83. The van der Waals surface area contributed by atoms with Gasteiger partial charge in [0.25, 0.3) is 0 Å². The molecule has 0 aliphatic rings. The van der Waals surface area contributed by atoms with E-state index in [2.05, 4.69) is 29.0 Å². The van der Waals surface area contributed by atoms with Gasteiger partial charge in [0.1, 0.15) is 0 Å². The summed E-state index contributed by atoms with van der Waals surface area (Å²) in [6, 6.07) is 9.92. The van der Waals surface area contributed by atoms with Gasteiger partial charge in [0, 0.05) is 29.2 Å². The minimum Gasteiger partial charge on any atom is -0.380 e. The number of hydrogen-bond donors (Lipinski definition) is 2. The van der Waals surface area contributed by atoms with Crippen molar-refractivity contribution in [1.29, 1.82) is 0 Å². The maximum Gasteiger partial charge on any atom is 0.224 e. The lowest BCUT2D eigenvalue weighted by molar-refractivity contribution is -0.115. The first-order chi connectivity index (χ1) is 9.19. The molecule has 100 valence electrons. The lowest BCUT2D eigenvalue weighted by Gasteiger charge is -2.08. The van der Waals surface area contributed by atoms with Crippen molar-refractivity contribution >= 4 is 28.6 Å². The maximum absolute atomic E-state index is 11.3. The Morgan fingerprint density at radius 2 is 1.84 bits per heavy atom. The molecule has 2 N–H and O–H groups in total. The van der Waals surface area contributed by atoms with Crippen LogP contribution in [0.15, 0.2) is 35.7 Å². The van der Waals surface area contributed by atoms with Crippen LogP contribution in [0.4, 0.5) is 11.4 Å². The zero-order chi connectivity index (χ0) is 13.7. The summed E-state index contributed by atoms with van der Waals surface area (Å²) < 4.78 is 0. The van der Waals surface area contributed by atoms with Crippen LogP contribution in [0.3, 0.4) is 0 Å². The van der Waals surface area contributed by atoms with Crippen molar-refractivity contribution in [2.75, 3.05) is 10.6 Å². The zero-order valence-corrected chi connectivity index (χ0v) is 12.0. The minimum absolute atomic E-state index is 0.0370. The van der Waals surface area contributed by atoms with E-state index in [9.17, 15) is 4.79 Å². The molecular formula is C15H18N2OS. The number of carbonyl (C=O) groups is 1. The molecule has 0 saturated heterocycles. The van der Waals surface area contributed by atoms with Gasteiger partial charge < -0.3 is 10.6 Å². The van der Waals surface area contributed by atoms with Gasteiger partial charge in [0.15, 0.2) is 0 Å². The van der Waals surface area contributed by atoms with Gasteiger partial charge >= 0.3 is 0 Å². The largest absolute Gasteiger partial charge is 0.380 e. The molecule has 1 aromatic carbocycles. The standard InChI is InChI=1S/C15H18N2OS/c1-3-15(18)17-13-6-4-12(5-7-13)16-10-14-11(2)8-9-19-14/h4-9,16H,3,10H2,1-2H3,(H,17,18). The lowest BCUT2D eigenvalue weighted by atomic mass is 10.2. The molecule has 0 aliphatic carbocycles. The first-order valence-electron chi connectivity index (χ1n) is 6.36. The molecular weight excluding hydrogens is 256 g/mol. The number of rotatable bonds is 5. The predicted molar refractivity (Wildman–Crippen MR) is 81.7 cm³/mol.